The topological polar surface area (TPSA) is 102 Å². The van der Waals surface area contributed by atoms with Crippen molar-refractivity contribution >= 4 is 50.5 Å². The summed E-state index contributed by atoms with van der Waals surface area (Å²) in [6, 6.07) is 8.84. The number of anilines is 1. The maximum Gasteiger partial charge on any atom is 0.338 e. The Kier molecular flexibility index (Phi) is 7.15. The van der Waals surface area contributed by atoms with E-state index in [0.29, 0.717) is 10.0 Å². The van der Waals surface area contributed by atoms with Gasteiger partial charge >= 0.3 is 5.97 Å². The molecule has 10 heteroatoms. The van der Waals surface area contributed by atoms with Crippen LogP contribution in [-0.4, -0.2) is 32.9 Å². The molecule has 29 heavy (non-hydrogen) atoms. The van der Waals surface area contributed by atoms with Crippen molar-refractivity contribution in [1.82, 2.24) is 5.32 Å². The molecule has 3 rings (SSSR count). The summed E-state index contributed by atoms with van der Waals surface area (Å²) < 4.78 is 32.5. The van der Waals surface area contributed by atoms with Gasteiger partial charge < -0.3 is 10.1 Å². The molecule has 1 aromatic carbocycles. The zero-order valence-electron chi connectivity index (χ0n) is 15.5. The Bertz CT molecular complexity index is 967. The van der Waals surface area contributed by atoms with Crippen molar-refractivity contribution in [2.75, 3.05) is 11.3 Å². The second kappa shape index (κ2) is 9.60. The number of thiophene rings is 1. The first kappa shape index (κ1) is 21.6. The predicted octanol–water partition coefficient (Wildman–Crippen LogP) is 3.81. The van der Waals surface area contributed by atoms with E-state index < -0.39 is 16.0 Å². The molecule has 2 N–H and O–H groups in total. The van der Waals surface area contributed by atoms with Gasteiger partial charge in [0, 0.05) is 11.7 Å². The number of nitrogens with one attached hydrogen (secondary N) is 2. The fourth-order valence-electron chi connectivity index (χ4n) is 3.05. The molecule has 1 aliphatic rings. The zero-order chi connectivity index (χ0) is 20.9. The highest BCUT2D eigenvalue weighted by atomic mass is 35.5. The van der Waals surface area contributed by atoms with Crippen LogP contribution in [0, 0.1) is 0 Å². The van der Waals surface area contributed by atoms with E-state index in [1.165, 1.54) is 42.8 Å². The van der Waals surface area contributed by atoms with Crippen LogP contribution in [0.5, 0.6) is 0 Å². The fraction of sp³-hybridized carbons (Fsp3) is 0.368. The summed E-state index contributed by atoms with van der Waals surface area (Å²) in [6.07, 6.45) is 5.29. The van der Waals surface area contributed by atoms with Gasteiger partial charge in [-0.3, -0.25) is 9.52 Å². The summed E-state index contributed by atoms with van der Waals surface area (Å²) in [4.78, 5) is 24.0. The average molecular weight is 457 g/mol. The minimum absolute atomic E-state index is 0.0926. The van der Waals surface area contributed by atoms with E-state index in [-0.39, 0.29) is 28.3 Å². The number of hydrogen-bond acceptors (Lipinski definition) is 6. The van der Waals surface area contributed by atoms with Gasteiger partial charge in [-0.1, -0.05) is 30.9 Å². The van der Waals surface area contributed by atoms with Crippen LogP contribution in [0.1, 0.15) is 42.5 Å². The lowest BCUT2D eigenvalue weighted by atomic mass is 9.95. The minimum atomic E-state index is -3.75. The van der Waals surface area contributed by atoms with Gasteiger partial charge in [-0.2, -0.15) is 0 Å². The third kappa shape index (κ3) is 6.19. The molecule has 0 saturated heterocycles. The Labute approximate surface area is 178 Å². The standard InChI is InChI=1S/C19H21ClN2O5S2/c20-16-10-11-18(28-16)29(25,26)22-15-8-6-13(7-9-15)19(24)27-12-17(23)21-14-4-2-1-3-5-14/h6-11,14,22H,1-5,12H2,(H,21,23). The van der Waals surface area contributed by atoms with Gasteiger partial charge in [0.15, 0.2) is 6.61 Å². The van der Waals surface area contributed by atoms with Crippen LogP contribution in [0.4, 0.5) is 5.69 Å². The van der Waals surface area contributed by atoms with Crippen molar-refractivity contribution in [2.45, 2.75) is 42.4 Å². The number of hydrogen-bond donors (Lipinski definition) is 2. The van der Waals surface area contributed by atoms with Crippen LogP contribution < -0.4 is 10.0 Å². The minimum Gasteiger partial charge on any atom is -0.452 e. The lowest BCUT2D eigenvalue weighted by Crippen LogP contribution is -2.38. The largest absolute Gasteiger partial charge is 0.452 e. The van der Waals surface area contributed by atoms with Gasteiger partial charge in [0.1, 0.15) is 4.21 Å². The number of esters is 1. The van der Waals surface area contributed by atoms with Gasteiger partial charge in [0.25, 0.3) is 15.9 Å². The molecule has 1 aliphatic carbocycles. The van der Waals surface area contributed by atoms with Gasteiger partial charge in [0.05, 0.1) is 9.90 Å². The highest BCUT2D eigenvalue weighted by Gasteiger charge is 2.18. The van der Waals surface area contributed by atoms with Crippen LogP contribution in [0.25, 0.3) is 0 Å². The van der Waals surface area contributed by atoms with Crippen molar-refractivity contribution in [3.05, 3.63) is 46.3 Å². The quantitative estimate of drug-likeness (QED) is 0.617. The Balaban J connectivity index is 1.51. The summed E-state index contributed by atoms with van der Waals surface area (Å²) in [5.74, 6) is -0.965. The first-order valence-electron chi connectivity index (χ1n) is 9.18. The third-order valence-corrected chi connectivity index (χ3v) is 7.60. The van der Waals surface area contributed by atoms with Crippen LogP contribution >= 0.6 is 22.9 Å². The summed E-state index contributed by atoms with van der Waals surface area (Å²) in [5, 5.41) is 2.88. The third-order valence-electron chi connectivity index (χ3n) is 4.49. The SMILES string of the molecule is O=C(COC(=O)c1ccc(NS(=O)(=O)c2ccc(Cl)s2)cc1)NC1CCCCC1. The first-order valence-corrected chi connectivity index (χ1v) is 11.9. The van der Waals surface area contributed by atoms with E-state index in [9.17, 15) is 18.0 Å². The van der Waals surface area contributed by atoms with E-state index in [1.54, 1.807) is 0 Å². The number of carbonyl (C=O) groups is 2. The van der Waals surface area contributed by atoms with Crippen LogP contribution in [0.3, 0.4) is 0 Å². The summed E-state index contributed by atoms with van der Waals surface area (Å²) in [5.41, 5.74) is 0.513. The van der Waals surface area contributed by atoms with Gasteiger partial charge in [-0.15, -0.1) is 11.3 Å². The normalized spacial score (nSPS) is 14.9. The molecule has 1 fully saturated rings. The second-order valence-electron chi connectivity index (χ2n) is 6.72. The molecule has 0 unspecified atom stereocenters. The molecular weight excluding hydrogens is 436 g/mol. The molecule has 2 aromatic rings. The molecule has 1 amide bonds. The van der Waals surface area contributed by atoms with E-state index in [1.807, 2.05) is 0 Å². The molecule has 1 aromatic heterocycles. The van der Waals surface area contributed by atoms with Crippen molar-refractivity contribution < 1.29 is 22.7 Å². The number of rotatable bonds is 7. The van der Waals surface area contributed by atoms with E-state index in [2.05, 4.69) is 10.0 Å². The van der Waals surface area contributed by atoms with Crippen molar-refractivity contribution in [1.29, 1.82) is 0 Å². The zero-order valence-corrected chi connectivity index (χ0v) is 17.9. The number of halogens is 1. The summed E-state index contributed by atoms with van der Waals surface area (Å²) in [7, 11) is -3.75. The van der Waals surface area contributed by atoms with Crippen molar-refractivity contribution in [3.8, 4) is 0 Å². The first-order chi connectivity index (χ1) is 13.8. The highest BCUT2D eigenvalue weighted by Crippen LogP contribution is 2.27. The van der Waals surface area contributed by atoms with Crippen LogP contribution in [-0.2, 0) is 19.6 Å². The van der Waals surface area contributed by atoms with E-state index in [4.69, 9.17) is 16.3 Å². The Morgan fingerprint density at radius 3 is 2.38 bits per heavy atom. The molecule has 1 saturated carbocycles. The molecular formula is C19H21ClN2O5S2. The summed E-state index contributed by atoms with van der Waals surface area (Å²) in [6.45, 7) is -0.344. The monoisotopic (exact) mass is 456 g/mol. The highest BCUT2D eigenvalue weighted by molar-refractivity contribution is 7.94. The summed E-state index contributed by atoms with van der Waals surface area (Å²) >= 11 is 6.72. The van der Waals surface area contributed by atoms with Crippen LogP contribution in [0.2, 0.25) is 4.34 Å². The number of amides is 1. The maximum atomic E-state index is 12.3. The number of benzene rings is 1. The van der Waals surface area contributed by atoms with Crippen molar-refractivity contribution in [3.63, 3.8) is 0 Å². The Morgan fingerprint density at radius 2 is 1.76 bits per heavy atom. The number of carbonyl (C=O) groups excluding carboxylic acids is 2. The lowest BCUT2D eigenvalue weighted by molar-refractivity contribution is -0.125. The predicted molar refractivity (Wildman–Crippen MR) is 112 cm³/mol. The van der Waals surface area contributed by atoms with Gasteiger partial charge in [0.2, 0.25) is 0 Å². The molecule has 7 nitrogen and oxygen atoms in total. The molecule has 1 heterocycles. The van der Waals surface area contributed by atoms with Crippen molar-refractivity contribution in [2.24, 2.45) is 0 Å². The molecule has 0 bridgehead atoms. The lowest BCUT2D eigenvalue weighted by Gasteiger charge is -2.22. The van der Waals surface area contributed by atoms with E-state index >= 15 is 0 Å². The number of sulfonamides is 1. The number of ether oxygens (including phenoxy) is 1. The second-order valence-corrected chi connectivity index (χ2v) is 10.3. The Morgan fingerprint density at radius 1 is 1.07 bits per heavy atom. The average Bonchev–Trinajstić information content (AvgIpc) is 3.15. The van der Waals surface area contributed by atoms with Gasteiger partial charge in [-0.05, 0) is 49.2 Å². The Hall–Kier alpha value is -2.10. The van der Waals surface area contributed by atoms with E-state index in [0.717, 1.165) is 37.0 Å². The smallest absolute Gasteiger partial charge is 0.338 e. The van der Waals surface area contributed by atoms with Gasteiger partial charge in [-0.25, -0.2) is 13.2 Å². The molecule has 0 radical (unpaired) electrons. The maximum absolute atomic E-state index is 12.3. The fourth-order valence-corrected chi connectivity index (χ4v) is 5.59. The molecule has 156 valence electrons. The van der Waals surface area contributed by atoms with Crippen LogP contribution in [0.15, 0.2) is 40.6 Å². The molecule has 0 spiro atoms. The molecule has 0 aliphatic heterocycles. The molecule has 0 atom stereocenters.